The van der Waals surface area contributed by atoms with Crippen LogP contribution in [0.5, 0.6) is 0 Å². The lowest BCUT2D eigenvalue weighted by Crippen LogP contribution is -2.46. The van der Waals surface area contributed by atoms with E-state index < -0.39 is 16.9 Å². The van der Waals surface area contributed by atoms with Crippen LogP contribution >= 0.6 is 0 Å². The quantitative estimate of drug-likeness (QED) is 0.639. The van der Waals surface area contributed by atoms with Crippen molar-refractivity contribution in [2.45, 2.75) is 52.0 Å². The summed E-state index contributed by atoms with van der Waals surface area (Å²) in [5, 5.41) is 0. The fourth-order valence-corrected chi connectivity index (χ4v) is 8.46. The molecule has 0 radical (unpaired) electrons. The molecule has 0 saturated carbocycles. The Hall–Kier alpha value is 0.354. The molecule has 4 heteroatoms. The monoisotopic (exact) mass is 220 g/mol. The van der Waals surface area contributed by atoms with E-state index in [0.29, 0.717) is 0 Å². The fraction of sp³-hybridized carbons (Fsp3) is 1.00. The number of hydrogen-bond acceptors (Lipinski definition) is 2. The van der Waals surface area contributed by atoms with Gasteiger partial charge in [0.2, 0.25) is 0 Å². The molecular weight excluding hydrogens is 196 g/mol. The lowest BCUT2D eigenvalue weighted by atomic mass is 10.4. The first-order valence-corrected chi connectivity index (χ1v) is 11.0. The Balaban J connectivity index is 4.11. The van der Waals surface area contributed by atoms with Crippen molar-refractivity contribution in [1.29, 1.82) is 0 Å². The topological polar surface area (TPSA) is 18.5 Å². The Morgan fingerprint density at radius 1 is 1.08 bits per heavy atom. The summed E-state index contributed by atoms with van der Waals surface area (Å²) in [6.45, 7) is 11.1. The van der Waals surface area contributed by atoms with Gasteiger partial charge in [0.1, 0.15) is 0 Å². The zero-order valence-electron chi connectivity index (χ0n) is 9.94. The Labute approximate surface area is 85.0 Å². The summed E-state index contributed by atoms with van der Waals surface area (Å²) < 4.78 is 11.7. The molecule has 2 nitrogen and oxygen atoms in total. The molecule has 0 saturated heterocycles. The van der Waals surface area contributed by atoms with Gasteiger partial charge in [-0.25, -0.2) is 0 Å². The number of unbranched alkanes of at least 4 members (excludes halogenated alkanes) is 1. The van der Waals surface area contributed by atoms with E-state index >= 15 is 0 Å². The molecule has 0 heterocycles. The molecule has 80 valence electrons. The Morgan fingerprint density at radius 2 is 1.62 bits per heavy atom. The van der Waals surface area contributed by atoms with Gasteiger partial charge in [0.15, 0.2) is 8.32 Å². The van der Waals surface area contributed by atoms with Crippen molar-refractivity contribution in [3.63, 3.8) is 0 Å². The third kappa shape index (κ3) is 6.43. The van der Waals surface area contributed by atoms with Crippen LogP contribution in [-0.2, 0) is 8.54 Å². The minimum Gasteiger partial charge on any atom is -0.436 e. The summed E-state index contributed by atoms with van der Waals surface area (Å²) in [6.07, 6.45) is 2.45. The van der Waals surface area contributed by atoms with Gasteiger partial charge >= 0.3 is 8.56 Å². The second-order valence-corrected chi connectivity index (χ2v) is 12.9. The lowest BCUT2D eigenvalue weighted by molar-refractivity contribution is 0.301. The third-order valence-electron chi connectivity index (χ3n) is 1.94. The molecule has 0 bridgehead atoms. The van der Waals surface area contributed by atoms with Crippen LogP contribution in [0.25, 0.3) is 0 Å². The van der Waals surface area contributed by atoms with Gasteiger partial charge in [-0.3, -0.25) is 0 Å². The maximum Gasteiger partial charge on any atom is 0.324 e. The Kier molecular flexibility index (Phi) is 5.43. The van der Waals surface area contributed by atoms with Gasteiger partial charge in [-0.2, -0.15) is 0 Å². The summed E-state index contributed by atoms with van der Waals surface area (Å²) >= 11 is 0. The standard InChI is InChI=1S/C9H24O2Si2/c1-7-8-9-13(6,10-2)11-12(3,4)5/h7-9H2,1-6H3. The van der Waals surface area contributed by atoms with E-state index in [0.717, 1.165) is 6.04 Å². The third-order valence-corrected chi connectivity index (χ3v) is 8.24. The summed E-state index contributed by atoms with van der Waals surface area (Å²) in [6, 6.07) is 1.13. The van der Waals surface area contributed by atoms with Crippen molar-refractivity contribution >= 4 is 16.9 Å². The molecule has 0 aliphatic heterocycles. The molecular formula is C9H24O2Si2. The molecule has 0 aromatic rings. The predicted molar refractivity (Wildman–Crippen MR) is 62.8 cm³/mol. The molecule has 0 N–H and O–H groups in total. The van der Waals surface area contributed by atoms with Crippen LogP contribution in [-0.4, -0.2) is 24.0 Å². The van der Waals surface area contributed by atoms with Crippen LogP contribution in [0.3, 0.4) is 0 Å². The lowest BCUT2D eigenvalue weighted by Gasteiger charge is -2.32. The van der Waals surface area contributed by atoms with Crippen LogP contribution in [0.1, 0.15) is 19.8 Å². The van der Waals surface area contributed by atoms with Gasteiger partial charge in [-0.15, -0.1) is 0 Å². The van der Waals surface area contributed by atoms with E-state index in [4.69, 9.17) is 8.54 Å². The van der Waals surface area contributed by atoms with E-state index in [2.05, 4.69) is 33.1 Å². The number of hydrogen-bond donors (Lipinski definition) is 0. The molecule has 0 rings (SSSR count). The van der Waals surface area contributed by atoms with Crippen LogP contribution in [0, 0.1) is 0 Å². The van der Waals surface area contributed by atoms with Crippen molar-refractivity contribution in [3.8, 4) is 0 Å². The summed E-state index contributed by atoms with van der Waals surface area (Å²) in [7, 11) is -1.45. The predicted octanol–water partition coefficient (Wildman–Crippen LogP) is 3.36. The maximum atomic E-state index is 6.13. The van der Waals surface area contributed by atoms with Gasteiger partial charge in [-0.05, 0) is 32.2 Å². The van der Waals surface area contributed by atoms with Gasteiger partial charge in [0.05, 0.1) is 0 Å². The van der Waals surface area contributed by atoms with Crippen LogP contribution in [0.15, 0.2) is 0 Å². The molecule has 0 amide bonds. The van der Waals surface area contributed by atoms with Crippen molar-refractivity contribution in [3.05, 3.63) is 0 Å². The fourth-order valence-electron chi connectivity index (χ4n) is 1.34. The van der Waals surface area contributed by atoms with E-state index in [9.17, 15) is 0 Å². The molecule has 0 aromatic carbocycles. The summed E-state index contributed by atoms with van der Waals surface area (Å²) in [5.41, 5.74) is 0. The van der Waals surface area contributed by atoms with Crippen molar-refractivity contribution in [1.82, 2.24) is 0 Å². The smallest absolute Gasteiger partial charge is 0.324 e. The molecule has 0 aliphatic rings. The SMILES string of the molecule is CCCC[Si](C)(OC)O[Si](C)(C)C. The van der Waals surface area contributed by atoms with E-state index in [1.165, 1.54) is 12.8 Å². The maximum absolute atomic E-state index is 6.13. The summed E-state index contributed by atoms with van der Waals surface area (Å²) in [4.78, 5) is 0. The number of rotatable bonds is 6. The van der Waals surface area contributed by atoms with Crippen LogP contribution in [0.2, 0.25) is 32.2 Å². The van der Waals surface area contributed by atoms with Crippen LogP contribution < -0.4 is 0 Å². The molecule has 13 heavy (non-hydrogen) atoms. The zero-order chi connectivity index (χ0) is 10.5. The van der Waals surface area contributed by atoms with Gasteiger partial charge < -0.3 is 8.54 Å². The zero-order valence-corrected chi connectivity index (χ0v) is 11.9. The minimum atomic E-state index is -1.82. The molecule has 1 unspecified atom stereocenters. The van der Waals surface area contributed by atoms with Gasteiger partial charge in [0, 0.05) is 7.11 Å². The van der Waals surface area contributed by atoms with E-state index in [1.54, 1.807) is 7.11 Å². The molecule has 0 aromatic heterocycles. The van der Waals surface area contributed by atoms with E-state index in [1.807, 2.05) is 0 Å². The second kappa shape index (κ2) is 5.29. The van der Waals surface area contributed by atoms with Crippen molar-refractivity contribution in [2.24, 2.45) is 0 Å². The van der Waals surface area contributed by atoms with E-state index in [-0.39, 0.29) is 0 Å². The highest BCUT2D eigenvalue weighted by Crippen LogP contribution is 2.21. The van der Waals surface area contributed by atoms with Gasteiger partial charge in [0.25, 0.3) is 0 Å². The Bertz CT molecular complexity index is 145. The molecule has 0 spiro atoms. The molecule has 0 fully saturated rings. The average Bonchev–Trinajstić information content (AvgIpc) is 1.98. The average molecular weight is 220 g/mol. The minimum absolute atomic E-state index is 1.13. The van der Waals surface area contributed by atoms with Gasteiger partial charge in [-0.1, -0.05) is 19.8 Å². The molecule has 1 atom stereocenters. The molecule has 0 aliphatic carbocycles. The second-order valence-electron chi connectivity index (χ2n) is 4.66. The first-order valence-electron chi connectivity index (χ1n) is 5.08. The summed E-state index contributed by atoms with van der Waals surface area (Å²) in [5.74, 6) is 0. The Morgan fingerprint density at radius 3 is 1.92 bits per heavy atom. The first-order chi connectivity index (χ1) is 5.83. The first kappa shape index (κ1) is 13.4. The highest BCUT2D eigenvalue weighted by molar-refractivity contribution is 6.81. The van der Waals surface area contributed by atoms with Crippen LogP contribution in [0.4, 0.5) is 0 Å². The van der Waals surface area contributed by atoms with Crippen molar-refractivity contribution in [2.75, 3.05) is 7.11 Å². The highest BCUT2D eigenvalue weighted by atomic mass is 28.4. The normalized spacial score (nSPS) is 17.1. The largest absolute Gasteiger partial charge is 0.436 e. The van der Waals surface area contributed by atoms with Crippen molar-refractivity contribution < 1.29 is 8.54 Å². The highest BCUT2D eigenvalue weighted by Gasteiger charge is 2.34.